The smallest absolute Gasteiger partial charge is 0.126 e. The van der Waals surface area contributed by atoms with Gasteiger partial charge in [-0.05, 0) is 35.4 Å². The van der Waals surface area contributed by atoms with Crippen LogP contribution in [-0.4, -0.2) is 7.11 Å². The number of ether oxygens (including phenoxy) is 1. The number of hydrogen-bond acceptors (Lipinski definition) is 1. The quantitative estimate of drug-likeness (QED) is 0.662. The van der Waals surface area contributed by atoms with Crippen LogP contribution in [0.2, 0.25) is 0 Å². The Kier molecular flexibility index (Phi) is 1.54. The van der Waals surface area contributed by atoms with Gasteiger partial charge in [0.15, 0.2) is 0 Å². The van der Waals surface area contributed by atoms with Gasteiger partial charge in [-0.15, -0.1) is 0 Å². The molecular formula is C13H12O. The monoisotopic (exact) mass is 184 g/mol. The van der Waals surface area contributed by atoms with E-state index >= 15 is 0 Å². The van der Waals surface area contributed by atoms with Crippen LogP contribution >= 0.6 is 0 Å². The number of benzene rings is 2. The highest BCUT2D eigenvalue weighted by Crippen LogP contribution is 2.35. The van der Waals surface area contributed by atoms with E-state index in [1.807, 2.05) is 0 Å². The number of rotatable bonds is 1. The molecule has 0 bridgehead atoms. The van der Waals surface area contributed by atoms with E-state index in [9.17, 15) is 0 Å². The minimum absolute atomic E-state index is 0.993. The normalized spacial score (nSPS) is 13.5. The fourth-order valence-corrected chi connectivity index (χ4v) is 2.40. The van der Waals surface area contributed by atoms with Crippen LogP contribution in [0.15, 0.2) is 30.3 Å². The lowest BCUT2D eigenvalue weighted by Gasteiger charge is -2.06. The van der Waals surface area contributed by atoms with Crippen molar-refractivity contribution in [2.24, 2.45) is 0 Å². The van der Waals surface area contributed by atoms with Crippen molar-refractivity contribution in [2.45, 2.75) is 12.8 Å². The molecule has 70 valence electrons. The van der Waals surface area contributed by atoms with Gasteiger partial charge >= 0.3 is 0 Å². The van der Waals surface area contributed by atoms with Gasteiger partial charge in [0.1, 0.15) is 5.75 Å². The number of hydrogen-bond donors (Lipinski definition) is 0. The van der Waals surface area contributed by atoms with E-state index < -0.39 is 0 Å². The van der Waals surface area contributed by atoms with Gasteiger partial charge < -0.3 is 4.74 Å². The molecule has 0 saturated heterocycles. The van der Waals surface area contributed by atoms with E-state index in [2.05, 4.69) is 30.3 Å². The molecular weight excluding hydrogens is 172 g/mol. The molecule has 2 aromatic rings. The van der Waals surface area contributed by atoms with Crippen molar-refractivity contribution < 1.29 is 4.74 Å². The Morgan fingerprint density at radius 1 is 1.00 bits per heavy atom. The van der Waals surface area contributed by atoms with Gasteiger partial charge in [0, 0.05) is 5.39 Å². The van der Waals surface area contributed by atoms with Crippen molar-refractivity contribution >= 4 is 10.8 Å². The molecule has 0 N–H and O–H groups in total. The first-order chi connectivity index (χ1) is 6.90. The summed E-state index contributed by atoms with van der Waals surface area (Å²) in [4.78, 5) is 0. The van der Waals surface area contributed by atoms with Gasteiger partial charge in [0.05, 0.1) is 7.11 Å². The fraction of sp³-hybridized carbons (Fsp3) is 0.231. The van der Waals surface area contributed by atoms with Gasteiger partial charge in [0.25, 0.3) is 0 Å². The highest BCUT2D eigenvalue weighted by molar-refractivity contribution is 5.95. The molecule has 0 heterocycles. The van der Waals surface area contributed by atoms with Crippen LogP contribution in [0.25, 0.3) is 10.8 Å². The van der Waals surface area contributed by atoms with Crippen molar-refractivity contribution in [3.8, 4) is 5.75 Å². The van der Waals surface area contributed by atoms with Gasteiger partial charge in [-0.2, -0.15) is 0 Å². The molecule has 0 fully saturated rings. The lowest BCUT2D eigenvalue weighted by atomic mass is 10.0. The van der Waals surface area contributed by atoms with Gasteiger partial charge in [-0.25, -0.2) is 0 Å². The average Bonchev–Trinajstić information content (AvgIpc) is 2.65. The molecule has 1 heteroatoms. The summed E-state index contributed by atoms with van der Waals surface area (Å²) in [7, 11) is 1.74. The molecule has 0 atom stereocenters. The van der Waals surface area contributed by atoms with Crippen molar-refractivity contribution in [2.75, 3.05) is 7.11 Å². The summed E-state index contributed by atoms with van der Waals surface area (Å²) in [5.41, 5.74) is 2.94. The summed E-state index contributed by atoms with van der Waals surface area (Å²) in [5.74, 6) is 0.993. The predicted molar refractivity (Wildman–Crippen MR) is 57.9 cm³/mol. The predicted octanol–water partition coefficient (Wildman–Crippen LogP) is 2.95. The standard InChI is InChI=1S/C13H12O/c1-14-12-8-7-10-6-5-9-3-2-4-11(12)13(9)10/h2-4,7-8H,5-6H2,1H3. The Hall–Kier alpha value is -1.50. The highest BCUT2D eigenvalue weighted by atomic mass is 16.5. The summed E-state index contributed by atoms with van der Waals surface area (Å²) >= 11 is 0. The lowest BCUT2D eigenvalue weighted by Crippen LogP contribution is -1.86. The Morgan fingerprint density at radius 2 is 1.79 bits per heavy atom. The molecule has 2 aromatic carbocycles. The van der Waals surface area contributed by atoms with Crippen LogP contribution in [0.1, 0.15) is 11.1 Å². The van der Waals surface area contributed by atoms with E-state index in [1.165, 1.54) is 34.7 Å². The molecule has 0 amide bonds. The molecule has 0 saturated carbocycles. The molecule has 1 nitrogen and oxygen atoms in total. The zero-order valence-electron chi connectivity index (χ0n) is 8.21. The first kappa shape index (κ1) is 7.86. The third-order valence-electron chi connectivity index (χ3n) is 3.06. The molecule has 3 rings (SSSR count). The maximum Gasteiger partial charge on any atom is 0.126 e. The third-order valence-corrected chi connectivity index (χ3v) is 3.06. The van der Waals surface area contributed by atoms with Crippen LogP contribution < -0.4 is 4.74 Å². The highest BCUT2D eigenvalue weighted by Gasteiger charge is 2.15. The lowest BCUT2D eigenvalue weighted by molar-refractivity contribution is 0.420. The SMILES string of the molecule is COc1ccc2c3c(cccc13)CC2. The Bertz CT molecular complexity index is 490. The van der Waals surface area contributed by atoms with Crippen LogP contribution in [0.3, 0.4) is 0 Å². The molecule has 0 radical (unpaired) electrons. The molecule has 0 spiro atoms. The number of aryl methyl sites for hydroxylation is 2. The second-order valence-corrected chi connectivity index (χ2v) is 3.77. The van der Waals surface area contributed by atoms with Gasteiger partial charge in [-0.1, -0.05) is 24.3 Å². The van der Waals surface area contributed by atoms with Crippen molar-refractivity contribution in [3.05, 3.63) is 41.5 Å². The Labute approximate surface area is 83.3 Å². The van der Waals surface area contributed by atoms with Crippen molar-refractivity contribution in [1.82, 2.24) is 0 Å². The molecule has 1 aliphatic rings. The van der Waals surface area contributed by atoms with Crippen LogP contribution in [-0.2, 0) is 12.8 Å². The Morgan fingerprint density at radius 3 is 2.57 bits per heavy atom. The summed E-state index contributed by atoms with van der Waals surface area (Å²) in [6.45, 7) is 0. The van der Waals surface area contributed by atoms with E-state index in [4.69, 9.17) is 4.74 Å². The minimum atomic E-state index is 0.993. The zero-order valence-corrected chi connectivity index (χ0v) is 8.21. The van der Waals surface area contributed by atoms with Gasteiger partial charge in [-0.3, -0.25) is 0 Å². The fourth-order valence-electron chi connectivity index (χ4n) is 2.40. The van der Waals surface area contributed by atoms with E-state index in [0.29, 0.717) is 0 Å². The van der Waals surface area contributed by atoms with Gasteiger partial charge in [0.2, 0.25) is 0 Å². The van der Waals surface area contributed by atoms with Crippen molar-refractivity contribution in [1.29, 1.82) is 0 Å². The van der Waals surface area contributed by atoms with E-state index in [-0.39, 0.29) is 0 Å². The topological polar surface area (TPSA) is 9.23 Å². The van der Waals surface area contributed by atoms with Crippen LogP contribution in [0, 0.1) is 0 Å². The summed E-state index contributed by atoms with van der Waals surface area (Å²) < 4.78 is 5.37. The third kappa shape index (κ3) is 0.897. The van der Waals surface area contributed by atoms with Crippen LogP contribution in [0.5, 0.6) is 5.75 Å². The van der Waals surface area contributed by atoms with E-state index in [1.54, 1.807) is 7.11 Å². The largest absolute Gasteiger partial charge is 0.496 e. The molecule has 0 unspecified atom stereocenters. The summed E-state index contributed by atoms with van der Waals surface area (Å²) in [6.07, 6.45) is 2.36. The second-order valence-electron chi connectivity index (χ2n) is 3.77. The average molecular weight is 184 g/mol. The summed E-state index contributed by atoms with van der Waals surface area (Å²) in [6, 6.07) is 10.8. The first-order valence-corrected chi connectivity index (χ1v) is 4.97. The summed E-state index contributed by atoms with van der Waals surface area (Å²) in [5, 5.41) is 2.69. The molecule has 1 aliphatic carbocycles. The van der Waals surface area contributed by atoms with Crippen LogP contribution in [0.4, 0.5) is 0 Å². The minimum Gasteiger partial charge on any atom is -0.496 e. The molecule has 14 heavy (non-hydrogen) atoms. The van der Waals surface area contributed by atoms with Crippen molar-refractivity contribution in [3.63, 3.8) is 0 Å². The number of methoxy groups -OCH3 is 1. The first-order valence-electron chi connectivity index (χ1n) is 4.97. The maximum atomic E-state index is 5.37. The van der Waals surface area contributed by atoms with E-state index in [0.717, 1.165) is 5.75 Å². The maximum absolute atomic E-state index is 5.37. The second kappa shape index (κ2) is 2.74. The Balaban J connectivity index is 2.48. The molecule has 0 aromatic heterocycles. The zero-order chi connectivity index (χ0) is 9.54. The molecule has 0 aliphatic heterocycles.